The van der Waals surface area contributed by atoms with Crippen LogP contribution < -0.4 is 5.43 Å². The molecule has 0 saturated heterocycles. The summed E-state index contributed by atoms with van der Waals surface area (Å²) in [5.74, 6) is -0.334. The van der Waals surface area contributed by atoms with Gasteiger partial charge in [-0.25, -0.2) is 5.43 Å². The molecule has 0 unspecified atom stereocenters. The topological polar surface area (TPSA) is 41.5 Å². The molecular formula is C11H10Cl2N2O. The van der Waals surface area contributed by atoms with Gasteiger partial charge < -0.3 is 0 Å². The lowest BCUT2D eigenvalue weighted by atomic mass is 10.2. The number of hydrogen-bond acceptors (Lipinski definition) is 2. The molecule has 1 amide bonds. The predicted octanol–water partition coefficient (Wildman–Crippen LogP) is 3.29. The van der Waals surface area contributed by atoms with Crippen molar-refractivity contribution in [3.8, 4) is 0 Å². The van der Waals surface area contributed by atoms with Gasteiger partial charge in [0, 0.05) is 11.8 Å². The highest BCUT2D eigenvalue weighted by Crippen LogP contribution is 2.22. The number of amides is 1. The molecule has 0 atom stereocenters. The summed E-state index contributed by atoms with van der Waals surface area (Å²) < 4.78 is 0. The van der Waals surface area contributed by atoms with E-state index in [9.17, 15) is 4.79 Å². The lowest BCUT2D eigenvalue weighted by Crippen LogP contribution is -2.17. The Morgan fingerprint density at radius 3 is 2.75 bits per heavy atom. The molecule has 84 valence electrons. The Balaban J connectivity index is 2.70. The Morgan fingerprint density at radius 2 is 2.12 bits per heavy atom. The highest BCUT2D eigenvalue weighted by molar-refractivity contribution is 6.42. The molecule has 5 heteroatoms. The van der Waals surface area contributed by atoms with E-state index in [2.05, 4.69) is 10.5 Å². The maximum atomic E-state index is 11.5. The number of halogens is 2. The van der Waals surface area contributed by atoms with Crippen LogP contribution in [0.25, 0.3) is 0 Å². The molecule has 0 bridgehead atoms. The van der Waals surface area contributed by atoms with Crippen molar-refractivity contribution >= 4 is 35.3 Å². The van der Waals surface area contributed by atoms with Crippen molar-refractivity contribution < 1.29 is 4.79 Å². The van der Waals surface area contributed by atoms with Gasteiger partial charge >= 0.3 is 0 Å². The van der Waals surface area contributed by atoms with Crippen LogP contribution in [0.15, 0.2) is 35.5 Å². The van der Waals surface area contributed by atoms with Gasteiger partial charge in [0.2, 0.25) is 0 Å². The van der Waals surface area contributed by atoms with Gasteiger partial charge in [-0.2, -0.15) is 5.10 Å². The molecule has 0 aliphatic carbocycles. The van der Waals surface area contributed by atoms with Crippen LogP contribution in [0.5, 0.6) is 0 Å². The second-order valence-corrected chi connectivity index (χ2v) is 3.69. The Labute approximate surface area is 104 Å². The van der Waals surface area contributed by atoms with Gasteiger partial charge in [0.15, 0.2) is 0 Å². The predicted molar refractivity (Wildman–Crippen MR) is 67.2 cm³/mol. The summed E-state index contributed by atoms with van der Waals surface area (Å²) in [6, 6.07) is 4.63. The van der Waals surface area contributed by atoms with Crippen molar-refractivity contribution in [1.29, 1.82) is 0 Å². The van der Waals surface area contributed by atoms with Gasteiger partial charge in [-0.05, 0) is 31.2 Å². The van der Waals surface area contributed by atoms with Gasteiger partial charge in [-0.15, -0.1) is 0 Å². The molecule has 1 rings (SSSR count). The van der Waals surface area contributed by atoms with Gasteiger partial charge in [-0.3, -0.25) is 4.79 Å². The molecule has 0 radical (unpaired) electrons. The van der Waals surface area contributed by atoms with Crippen LogP contribution >= 0.6 is 23.2 Å². The zero-order chi connectivity index (χ0) is 12.0. The molecule has 1 aromatic rings. The largest absolute Gasteiger partial charge is 0.271 e. The minimum absolute atomic E-state index is 0.334. The number of carbonyl (C=O) groups is 1. The van der Waals surface area contributed by atoms with E-state index in [0.717, 1.165) is 0 Å². The fraction of sp³-hybridized carbons (Fsp3) is 0.0909. The maximum absolute atomic E-state index is 11.5. The smallest absolute Gasteiger partial charge is 0.267 e. The fourth-order valence-electron chi connectivity index (χ4n) is 0.927. The molecule has 0 heterocycles. The van der Waals surface area contributed by atoms with Crippen molar-refractivity contribution in [2.24, 2.45) is 5.10 Å². The van der Waals surface area contributed by atoms with E-state index in [1.807, 2.05) is 6.92 Å². The Kier molecular flexibility index (Phi) is 5.02. The highest BCUT2D eigenvalue weighted by Gasteiger charge is 2.06. The monoisotopic (exact) mass is 256 g/mol. The third kappa shape index (κ3) is 3.68. The lowest BCUT2D eigenvalue weighted by molar-refractivity contribution is 0.0955. The number of hydrazone groups is 1. The summed E-state index contributed by atoms with van der Waals surface area (Å²) in [7, 11) is 0. The van der Waals surface area contributed by atoms with Crippen molar-refractivity contribution in [2.75, 3.05) is 0 Å². The van der Waals surface area contributed by atoms with Crippen molar-refractivity contribution in [1.82, 2.24) is 5.43 Å². The Hall–Kier alpha value is -1.32. The molecule has 0 fully saturated rings. The molecule has 0 aliphatic heterocycles. The number of nitrogens with zero attached hydrogens (tertiary/aromatic N) is 1. The normalized spacial score (nSPS) is 11.2. The zero-order valence-corrected chi connectivity index (χ0v) is 10.1. The molecule has 0 spiro atoms. The van der Waals surface area contributed by atoms with E-state index in [-0.39, 0.29) is 5.91 Å². The van der Waals surface area contributed by atoms with Gasteiger partial charge in [0.25, 0.3) is 5.91 Å². The summed E-state index contributed by atoms with van der Waals surface area (Å²) in [4.78, 5) is 11.5. The maximum Gasteiger partial charge on any atom is 0.271 e. The van der Waals surface area contributed by atoms with E-state index >= 15 is 0 Å². The first-order valence-electron chi connectivity index (χ1n) is 4.55. The van der Waals surface area contributed by atoms with E-state index in [0.29, 0.717) is 15.6 Å². The van der Waals surface area contributed by atoms with Crippen molar-refractivity contribution in [3.63, 3.8) is 0 Å². The molecule has 1 aromatic carbocycles. The van der Waals surface area contributed by atoms with Crippen molar-refractivity contribution in [2.45, 2.75) is 6.92 Å². The summed E-state index contributed by atoms with van der Waals surface area (Å²) in [5, 5.41) is 4.45. The standard InChI is InChI=1S/C11H10Cl2N2O/c1-2-3-6-14-15-11(16)8-4-5-9(12)10(13)7-8/h2-7H,1H3,(H,15,16). The molecule has 0 aliphatic rings. The third-order valence-electron chi connectivity index (χ3n) is 1.70. The number of hydrogen-bond donors (Lipinski definition) is 1. The minimum atomic E-state index is -0.334. The van der Waals surface area contributed by atoms with Crippen LogP contribution in [0.3, 0.4) is 0 Å². The number of benzene rings is 1. The van der Waals surface area contributed by atoms with Crippen LogP contribution in [0.2, 0.25) is 10.0 Å². The van der Waals surface area contributed by atoms with E-state index in [4.69, 9.17) is 23.2 Å². The second-order valence-electron chi connectivity index (χ2n) is 2.87. The van der Waals surface area contributed by atoms with Gasteiger partial charge in [0.1, 0.15) is 0 Å². The number of allylic oxidation sites excluding steroid dienone is 2. The second kappa shape index (κ2) is 6.30. The average molecular weight is 257 g/mol. The molecular weight excluding hydrogens is 247 g/mol. The average Bonchev–Trinajstić information content (AvgIpc) is 2.28. The molecule has 16 heavy (non-hydrogen) atoms. The SMILES string of the molecule is CC=CC=NNC(=O)c1ccc(Cl)c(Cl)c1. The molecule has 3 nitrogen and oxygen atoms in total. The lowest BCUT2D eigenvalue weighted by Gasteiger charge is -2.01. The van der Waals surface area contributed by atoms with Crippen LogP contribution in [-0.2, 0) is 0 Å². The molecule has 0 saturated carbocycles. The van der Waals surface area contributed by atoms with Gasteiger partial charge in [0.05, 0.1) is 10.0 Å². The van der Waals surface area contributed by atoms with Crippen LogP contribution in [0.4, 0.5) is 0 Å². The quantitative estimate of drug-likeness (QED) is 0.655. The van der Waals surface area contributed by atoms with Crippen LogP contribution in [0.1, 0.15) is 17.3 Å². The fourth-order valence-corrected chi connectivity index (χ4v) is 1.23. The van der Waals surface area contributed by atoms with E-state index < -0.39 is 0 Å². The Morgan fingerprint density at radius 1 is 1.38 bits per heavy atom. The van der Waals surface area contributed by atoms with Gasteiger partial charge in [-0.1, -0.05) is 29.3 Å². The van der Waals surface area contributed by atoms with Crippen LogP contribution in [0, 0.1) is 0 Å². The zero-order valence-electron chi connectivity index (χ0n) is 8.58. The first kappa shape index (κ1) is 12.7. The number of rotatable bonds is 3. The van der Waals surface area contributed by atoms with Crippen LogP contribution in [-0.4, -0.2) is 12.1 Å². The minimum Gasteiger partial charge on any atom is -0.267 e. The molecule has 0 aromatic heterocycles. The van der Waals surface area contributed by atoms with E-state index in [1.165, 1.54) is 12.3 Å². The first-order valence-corrected chi connectivity index (χ1v) is 5.30. The van der Waals surface area contributed by atoms with E-state index in [1.54, 1.807) is 24.3 Å². The summed E-state index contributed by atoms with van der Waals surface area (Å²) in [6.45, 7) is 1.85. The molecule has 1 N–H and O–H groups in total. The first-order chi connectivity index (χ1) is 7.65. The summed E-state index contributed by atoms with van der Waals surface area (Å²) in [5.41, 5.74) is 2.77. The van der Waals surface area contributed by atoms with Crippen molar-refractivity contribution in [3.05, 3.63) is 46.0 Å². The summed E-state index contributed by atoms with van der Waals surface area (Å²) >= 11 is 11.5. The third-order valence-corrected chi connectivity index (χ3v) is 2.44. The highest BCUT2D eigenvalue weighted by atomic mass is 35.5. The Bertz CT molecular complexity index is 442. The number of carbonyl (C=O) groups excluding carboxylic acids is 1. The number of nitrogens with one attached hydrogen (secondary N) is 1. The summed E-state index contributed by atoms with van der Waals surface area (Å²) in [6.07, 6.45) is 4.99.